The zero-order valence-corrected chi connectivity index (χ0v) is 12.5. The Labute approximate surface area is 134 Å². The van der Waals surface area contributed by atoms with Crippen LogP contribution in [0.2, 0.25) is 0 Å². The first-order chi connectivity index (χ1) is 11.0. The van der Waals surface area contributed by atoms with Crippen LogP contribution in [0.3, 0.4) is 0 Å². The van der Waals surface area contributed by atoms with Crippen LogP contribution >= 0.6 is 0 Å². The van der Waals surface area contributed by atoms with E-state index in [9.17, 15) is 34.2 Å². The molecule has 1 heterocycles. The molecular formula is C13H16O11. The molecule has 11 nitrogen and oxygen atoms in total. The van der Waals surface area contributed by atoms with E-state index in [2.05, 4.69) is 9.47 Å². The summed E-state index contributed by atoms with van der Waals surface area (Å²) >= 11 is 0. The van der Waals surface area contributed by atoms with Gasteiger partial charge < -0.3 is 29.9 Å². The second-order valence-corrected chi connectivity index (χ2v) is 5.31. The van der Waals surface area contributed by atoms with Crippen LogP contribution in [0.1, 0.15) is 19.8 Å². The summed E-state index contributed by atoms with van der Waals surface area (Å²) in [4.78, 5) is 55.8. The van der Waals surface area contributed by atoms with Crippen LogP contribution in [0.15, 0.2) is 0 Å². The molecule has 0 amide bonds. The summed E-state index contributed by atoms with van der Waals surface area (Å²) in [6, 6.07) is 0. The molecule has 1 aliphatic rings. The Balaban J connectivity index is 2.59. The summed E-state index contributed by atoms with van der Waals surface area (Å²) in [5.74, 6) is -6.11. The van der Waals surface area contributed by atoms with Gasteiger partial charge in [0.2, 0.25) is 11.9 Å². The predicted molar refractivity (Wildman–Crippen MR) is 70.4 cm³/mol. The average molecular weight is 348 g/mol. The summed E-state index contributed by atoms with van der Waals surface area (Å²) in [5, 5.41) is 37.4. The van der Waals surface area contributed by atoms with E-state index in [0.29, 0.717) is 0 Å². The van der Waals surface area contributed by atoms with Crippen molar-refractivity contribution in [3.63, 3.8) is 0 Å². The van der Waals surface area contributed by atoms with Gasteiger partial charge in [0.25, 0.3) is 0 Å². The third-order valence-electron chi connectivity index (χ3n) is 3.16. The van der Waals surface area contributed by atoms with Crippen LogP contribution < -0.4 is 0 Å². The number of esters is 2. The first kappa shape index (κ1) is 19.7. The van der Waals surface area contributed by atoms with Crippen LogP contribution in [0.4, 0.5) is 0 Å². The number of carboxylic acids is 1. The van der Waals surface area contributed by atoms with Gasteiger partial charge in [-0.2, -0.15) is 0 Å². The highest BCUT2D eigenvalue weighted by molar-refractivity contribution is 6.09. The Kier molecular flexibility index (Phi) is 6.12. The molecule has 1 rings (SSSR count). The van der Waals surface area contributed by atoms with Crippen LogP contribution in [0.25, 0.3) is 0 Å². The quantitative estimate of drug-likeness (QED) is 0.258. The first-order valence-corrected chi connectivity index (χ1v) is 6.69. The minimum atomic E-state index is -2.67. The van der Waals surface area contributed by atoms with Gasteiger partial charge in [-0.3, -0.25) is 14.4 Å². The molecule has 134 valence electrons. The van der Waals surface area contributed by atoms with Crippen LogP contribution in [0.5, 0.6) is 0 Å². The van der Waals surface area contributed by atoms with Crippen molar-refractivity contribution in [1.29, 1.82) is 0 Å². The van der Waals surface area contributed by atoms with Gasteiger partial charge in [-0.05, 0) is 6.92 Å². The zero-order chi connectivity index (χ0) is 18.7. The van der Waals surface area contributed by atoms with E-state index >= 15 is 0 Å². The predicted octanol–water partition coefficient (Wildman–Crippen LogP) is -3.07. The molecule has 24 heavy (non-hydrogen) atoms. The molecule has 0 bridgehead atoms. The van der Waals surface area contributed by atoms with Crippen molar-refractivity contribution < 1.29 is 53.9 Å². The van der Waals surface area contributed by atoms with Crippen molar-refractivity contribution in [3.05, 3.63) is 0 Å². The van der Waals surface area contributed by atoms with Gasteiger partial charge in [0.1, 0.15) is 18.5 Å². The molecule has 0 aromatic carbocycles. The van der Waals surface area contributed by atoms with E-state index in [0.717, 1.165) is 6.92 Å². The normalized spacial score (nSPS) is 24.0. The third-order valence-corrected chi connectivity index (χ3v) is 3.16. The largest absolute Gasteiger partial charge is 0.479 e. The van der Waals surface area contributed by atoms with E-state index in [-0.39, 0.29) is 0 Å². The number of aliphatic hydroxyl groups is 3. The van der Waals surface area contributed by atoms with E-state index < -0.39 is 72.8 Å². The van der Waals surface area contributed by atoms with Crippen molar-refractivity contribution in [2.45, 2.75) is 43.7 Å². The van der Waals surface area contributed by atoms with Gasteiger partial charge in [0.05, 0.1) is 6.42 Å². The second-order valence-electron chi connectivity index (χ2n) is 5.31. The fourth-order valence-corrected chi connectivity index (χ4v) is 1.97. The maximum Gasteiger partial charge on any atom is 0.343 e. The molecule has 0 aromatic rings. The van der Waals surface area contributed by atoms with Gasteiger partial charge in [-0.1, -0.05) is 0 Å². The topological polar surface area (TPSA) is 185 Å². The molecule has 0 radical (unpaired) electrons. The second kappa shape index (κ2) is 7.47. The van der Waals surface area contributed by atoms with Crippen LogP contribution in [-0.2, 0) is 33.4 Å². The minimum Gasteiger partial charge on any atom is -0.479 e. The Bertz CT molecular complexity index is 568. The van der Waals surface area contributed by atoms with Crippen LogP contribution in [-0.4, -0.2) is 80.4 Å². The number of cyclic esters (lactones) is 1. The lowest BCUT2D eigenvalue weighted by Crippen LogP contribution is -2.43. The van der Waals surface area contributed by atoms with E-state index in [1.54, 1.807) is 0 Å². The molecule has 0 aliphatic carbocycles. The highest BCUT2D eigenvalue weighted by Crippen LogP contribution is 2.19. The fourth-order valence-electron chi connectivity index (χ4n) is 1.97. The molecule has 2 unspecified atom stereocenters. The van der Waals surface area contributed by atoms with E-state index in [1.807, 2.05) is 0 Å². The first-order valence-electron chi connectivity index (χ1n) is 6.69. The number of hydrogen-bond donors (Lipinski definition) is 4. The maximum absolute atomic E-state index is 11.6. The number of ketones is 2. The Morgan fingerprint density at radius 1 is 1.29 bits per heavy atom. The molecule has 1 aliphatic heterocycles. The summed E-state index contributed by atoms with van der Waals surface area (Å²) < 4.78 is 8.92. The Morgan fingerprint density at radius 2 is 1.88 bits per heavy atom. The molecule has 0 spiro atoms. The van der Waals surface area contributed by atoms with Crippen molar-refractivity contribution >= 4 is 29.5 Å². The average Bonchev–Trinajstić information content (AvgIpc) is 2.71. The van der Waals surface area contributed by atoms with Crippen LogP contribution in [0, 0.1) is 0 Å². The highest BCUT2D eigenvalue weighted by atomic mass is 16.6. The number of carbonyl (C=O) groups excluding carboxylic acids is 4. The zero-order valence-electron chi connectivity index (χ0n) is 12.5. The van der Waals surface area contributed by atoms with Crippen molar-refractivity contribution in [3.8, 4) is 0 Å². The van der Waals surface area contributed by atoms with E-state index in [1.165, 1.54) is 0 Å². The summed E-state index contributed by atoms with van der Waals surface area (Å²) in [6.45, 7) is 0.166. The molecule has 1 saturated heterocycles. The lowest BCUT2D eigenvalue weighted by atomic mass is 9.94. The Morgan fingerprint density at radius 3 is 2.29 bits per heavy atom. The minimum absolute atomic E-state index is 0.676. The molecule has 0 aromatic heterocycles. The van der Waals surface area contributed by atoms with Gasteiger partial charge in [0, 0.05) is 6.42 Å². The van der Waals surface area contributed by atoms with Gasteiger partial charge in [-0.15, -0.1) is 0 Å². The number of rotatable bonds is 8. The number of carboxylic acid groups (broad SMARTS) is 1. The van der Waals surface area contributed by atoms with Gasteiger partial charge in [0.15, 0.2) is 11.7 Å². The third kappa shape index (κ3) is 4.57. The van der Waals surface area contributed by atoms with Gasteiger partial charge >= 0.3 is 17.9 Å². The number of Topliss-reactive ketones (excluding diaryl/α,β-unsaturated/α-hetero) is 2. The van der Waals surface area contributed by atoms with Crippen molar-refractivity contribution in [1.82, 2.24) is 0 Å². The molecule has 4 atom stereocenters. The smallest absolute Gasteiger partial charge is 0.343 e. The summed E-state index contributed by atoms with van der Waals surface area (Å²) in [6.07, 6.45) is -7.45. The number of aliphatic hydroxyl groups excluding tert-OH is 2. The van der Waals surface area contributed by atoms with Crippen molar-refractivity contribution in [2.24, 2.45) is 0 Å². The molecular weight excluding hydrogens is 332 g/mol. The number of ether oxygens (including phenoxy) is 2. The standard InChI is InChI=1S/C13H16O11/c1-5(14)2-13(22,12(20)21)3-7(16)23-4-6(15)10-8(17)9(18)11(19)24-10/h6,9-10,15,18,22H,2-4H2,1H3,(H,20,21)/t6-,9?,10+,13?/m0/s1. The summed E-state index contributed by atoms with van der Waals surface area (Å²) in [7, 11) is 0. The molecule has 1 fully saturated rings. The number of aliphatic carboxylic acids is 1. The lowest BCUT2D eigenvalue weighted by Gasteiger charge is -2.22. The van der Waals surface area contributed by atoms with E-state index in [4.69, 9.17) is 10.2 Å². The Hall–Kier alpha value is -2.37. The van der Waals surface area contributed by atoms with Gasteiger partial charge in [-0.25, -0.2) is 9.59 Å². The lowest BCUT2D eigenvalue weighted by molar-refractivity contribution is -0.171. The number of carbonyl (C=O) groups is 5. The molecule has 11 heteroatoms. The number of hydrogen-bond acceptors (Lipinski definition) is 10. The SMILES string of the molecule is CC(=O)CC(O)(CC(=O)OC[C@H](O)[C@H]1OC(=O)C(O)C1=O)C(=O)O. The summed E-state index contributed by atoms with van der Waals surface area (Å²) in [5.41, 5.74) is -2.67. The fraction of sp³-hybridized carbons (Fsp3) is 0.615. The molecule has 4 N–H and O–H groups in total. The monoisotopic (exact) mass is 348 g/mol. The van der Waals surface area contributed by atoms with Crippen molar-refractivity contribution in [2.75, 3.05) is 6.61 Å². The maximum atomic E-state index is 11.6. The highest BCUT2D eigenvalue weighted by Gasteiger charge is 2.46. The molecule has 0 saturated carbocycles.